The van der Waals surface area contributed by atoms with E-state index in [4.69, 9.17) is 17.2 Å². The number of hydrogen-bond acceptors (Lipinski definition) is 5. The molecule has 0 unspecified atom stereocenters. The quantitative estimate of drug-likeness (QED) is 0.136. The van der Waals surface area contributed by atoms with E-state index in [9.17, 15) is 18.0 Å². The van der Waals surface area contributed by atoms with Crippen LogP contribution in [-0.2, 0) is 26.0 Å². The summed E-state index contributed by atoms with van der Waals surface area (Å²) in [5.41, 5.74) is 17.0. The van der Waals surface area contributed by atoms with E-state index in [1.165, 1.54) is 6.07 Å². The number of rotatable bonds is 12. The van der Waals surface area contributed by atoms with Crippen LogP contribution in [-0.4, -0.2) is 44.8 Å². The molecule has 0 saturated carbocycles. The molecule has 0 heterocycles. The smallest absolute Gasteiger partial charge is 0.241 e. The van der Waals surface area contributed by atoms with Gasteiger partial charge in [0.1, 0.15) is 12.1 Å². The summed E-state index contributed by atoms with van der Waals surface area (Å²) in [6.07, 6.45) is 0.566. The maximum atomic E-state index is 13.4. The summed E-state index contributed by atoms with van der Waals surface area (Å²) in [4.78, 5) is 29.2. The fourth-order valence-electron chi connectivity index (χ4n) is 3.77. The first-order valence-electron chi connectivity index (χ1n) is 11.4. The molecule has 2 atom stereocenters. The fraction of sp³-hybridized carbons (Fsp3) is 0.240. The van der Waals surface area contributed by atoms with E-state index in [1.807, 2.05) is 12.1 Å². The van der Waals surface area contributed by atoms with Crippen molar-refractivity contribution in [2.45, 2.75) is 36.2 Å². The highest BCUT2D eigenvalue weighted by Crippen LogP contribution is 2.23. The van der Waals surface area contributed by atoms with E-state index in [1.54, 1.807) is 54.6 Å². The first-order valence-corrected chi connectivity index (χ1v) is 12.8. The van der Waals surface area contributed by atoms with E-state index < -0.39 is 33.9 Å². The number of nitrogens with one attached hydrogen (secondary N) is 2. The number of carbonyl (C=O) groups is 2. The van der Waals surface area contributed by atoms with Crippen molar-refractivity contribution in [1.82, 2.24) is 10.0 Å². The van der Waals surface area contributed by atoms with Gasteiger partial charge in [0.25, 0.3) is 0 Å². The number of guanidine groups is 1. The molecule has 0 saturated heterocycles. The van der Waals surface area contributed by atoms with Crippen molar-refractivity contribution in [3.63, 3.8) is 0 Å². The molecule has 0 spiro atoms. The van der Waals surface area contributed by atoms with Gasteiger partial charge in [0.15, 0.2) is 5.96 Å². The summed E-state index contributed by atoms with van der Waals surface area (Å²) >= 11 is 0. The van der Waals surface area contributed by atoms with Crippen molar-refractivity contribution < 1.29 is 18.0 Å². The Morgan fingerprint density at radius 1 is 0.861 bits per heavy atom. The van der Waals surface area contributed by atoms with Crippen LogP contribution in [0.15, 0.2) is 82.7 Å². The van der Waals surface area contributed by atoms with Crippen molar-refractivity contribution in [2.75, 3.05) is 6.54 Å². The van der Waals surface area contributed by atoms with Crippen LogP contribution in [0.25, 0.3) is 10.8 Å². The lowest BCUT2D eigenvalue weighted by atomic mass is 10.0. The highest BCUT2D eigenvalue weighted by molar-refractivity contribution is 7.89. The van der Waals surface area contributed by atoms with Gasteiger partial charge in [-0.1, -0.05) is 66.7 Å². The first-order chi connectivity index (χ1) is 17.2. The molecule has 2 amide bonds. The minimum Gasteiger partial charge on any atom is -0.370 e. The van der Waals surface area contributed by atoms with Crippen molar-refractivity contribution in [3.05, 3.63) is 78.4 Å². The average Bonchev–Trinajstić information content (AvgIpc) is 2.85. The molecule has 3 rings (SSSR count). The normalized spacial score (nSPS) is 13.0. The number of benzene rings is 3. The van der Waals surface area contributed by atoms with Gasteiger partial charge in [0.2, 0.25) is 21.8 Å². The molecule has 0 aliphatic heterocycles. The molecular formula is C25H30N6O4S. The van der Waals surface area contributed by atoms with Gasteiger partial charge in [0.05, 0.1) is 4.90 Å². The lowest BCUT2D eigenvalue weighted by molar-refractivity contribution is -0.128. The predicted octanol–water partition coefficient (Wildman–Crippen LogP) is 0.753. The summed E-state index contributed by atoms with van der Waals surface area (Å²) < 4.78 is 29.2. The topological polar surface area (TPSA) is 183 Å². The minimum absolute atomic E-state index is 0.0401. The summed E-state index contributed by atoms with van der Waals surface area (Å²) in [5.74, 6) is -1.52. The Hall–Kier alpha value is -3.96. The Balaban J connectivity index is 1.84. The minimum atomic E-state index is -4.11. The van der Waals surface area contributed by atoms with Crippen molar-refractivity contribution in [2.24, 2.45) is 22.2 Å². The van der Waals surface area contributed by atoms with E-state index in [-0.39, 0.29) is 30.2 Å². The number of carbonyl (C=O) groups excluding carboxylic acids is 2. The Labute approximate surface area is 210 Å². The number of fused-ring (bicyclic) bond motifs is 1. The third-order valence-corrected chi connectivity index (χ3v) is 7.07. The summed E-state index contributed by atoms with van der Waals surface area (Å²) in [5, 5.41) is 3.86. The van der Waals surface area contributed by atoms with Crippen LogP contribution >= 0.6 is 0 Å². The molecule has 0 bridgehead atoms. The highest BCUT2D eigenvalue weighted by atomic mass is 32.2. The molecule has 0 aromatic heterocycles. The average molecular weight is 511 g/mol. The number of aliphatic imine (C=N–C) groups is 1. The fourth-order valence-corrected chi connectivity index (χ4v) is 5.23. The van der Waals surface area contributed by atoms with E-state index in [2.05, 4.69) is 15.0 Å². The Morgan fingerprint density at radius 2 is 1.53 bits per heavy atom. The van der Waals surface area contributed by atoms with Gasteiger partial charge in [-0.05, 0) is 29.9 Å². The third kappa shape index (κ3) is 7.27. The maximum absolute atomic E-state index is 13.4. The van der Waals surface area contributed by atoms with Gasteiger partial charge >= 0.3 is 0 Å². The molecule has 3 aromatic carbocycles. The van der Waals surface area contributed by atoms with Gasteiger partial charge < -0.3 is 22.5 Å². The zero-order valence-electron chi connectivity index (χ0n) is 19.6. The number of nitrogens with zero attached hydrogens (tertiary/aromatic N) is 1. The van der Waals surface area contributed by atoms with Gasteiger partial charge in [0, 0.05) is 18.4 Å². The van der Waals surface area contributed by atoms with Gasteiger partial charge in [-0.3, -0.25) is 14.6 Å². The molecule has 11 heteroatoms. The molecule has 0 fully saturated rings. The molecule has 190 valence electrons. The lowest BCUT2D eigenvalue weighted by Gasteiger charge is -2.22. The van der Waals surface area contributed by atoms with E-state index in [0.717, 1.165) is 10.9 Å². The van der Waals surface area contributed by atoms with Gasteiger partial charge in [-0.15, -0.1) is 0 Å². The van der Waals surface area contributed by atoms with Crippen molar-refractivity contribution in [3.8, 4) is 0 Å². The van der Waals surface area contributed by atoms with Crippen molar-refractivity contribution in [1.29, 1.82) is 0 Å². The summed E-state index contributed by atoms with van der Waals surface area (Å²) in [6, 6.07) is 18.8. The maximum Gasteiger partial charge on any atom is 0.241 e. The standard InChI is InChI=1S/C25H30N6O4S/c26-23(32)21(16-17-8-2-1-3-9-17)30-24(33)20(13-7-15-29-25(27)28)31-36(34,35)22-14-6-11-18-10-4-5-12-19(18)22/h1-6,8-12,14,20-21,31H,7,13,15-16H2,(H2,26,32)(H,30,33)(H4,27,28,29)/t20-,21+/m1/s1. The molecular weight excluding hydrogens is 480 g/mol. The van der Waals surface area contributed by atoms with Crippen molar-refractivity contribution >= 4 is 38.6 Å². The highest BCUT2D eigenvalue weighted by Gasteiger charge is 2.29. The third-order valence-electron chi connectivity index (χ3n) is 5.54. The second-order valence-electron chi connectivity index (χ2n) is 8.25. The van der Waals surface area contributed by atoms with Crippen LogP contribution in [0.3, 0.4) is 0 Å². The molecule has 8 N–H and O–H groups in total. The second kappa shape index (κ2) is 12.1. The molecule has 36 heavy (non-hydrogen) atoms. The molecule has 0 aliphatic rings. The van der Waals surface area contributed by atoms with Crippen LogP contribution in [0.1, 0.15) is 18.4 Å². The predicted molar refractivity (Wildman–Crippen MR) is 139 cm³/mol. The number of primary amides is 1. The van der Waals surface area contributed by atoms with Crippen LogP contribution in [0.4, 0.5) is 0 Å². The zero-order valence-corrected chi connectivity index (χ0v) is 20.4. The molecule has 3 aromatic rings. The SMILES string of the molecule is NC(=O)[C@H](Cc1ccccc1)NC(=O)[C@@H](CCCN=C(N)N)NS(=O)(=O)c1cccc2ccccc12. The van der Waals surface area contributed by atoms with Crippen LogP contribution in [0.2, 0.25) is 0 Å². The molecule has 0 radical (unpaired) electrons. The monoisotopic (exact) mass is 510 g/mol. The Kier molecular flexibility index (Phi) is 8.98. The molecule has 0 aliphatic carbocycles. The van der Waals surface area contributed by atoms with Gasteiger partial charge in [-0.25, -0.2) is 8.42 Å². The Bertz CT molecular complexity index is 1340. The lowest BCUT2D eigenvalue weighted by Crippen LogP contribution is -2.53. The van der Waals surface area contributed by atoms with Gasteiger partial charge in [-0.2, -0.15) is 4.72 Å². The summed E-state index contributed by atoms with van der Waals surface area (Å²) in [7, 11) is -4.11. The largest absolute Gasteiger partial charge is 0.370 e. The zero-order chi connectivity index (χ0) is 26.1. The van der Waals surface area contributed by atoms with Crippen LogP contribution < -0.4 is 27.2 Å². The summed E-state index contributed by atoms with van der Waals surface area (Å²) in [6.45, 7) is 0.200. The van der Waals surface area contributed by atoms with E-state index in [0.29, 0.717) is 11.8 Å². The second-order valence-corrected chi connectivity index (χ2v) is 9.94. The Morgan fingerprint density at radius 3 is 2.22 bits per heavy atom. The number of nitrogens with two attached hydrogens (primary N) is 3. The van der Waals surface area contributed by atoms with E-state index >= 15 is 0 Å². The van der Waals surface area contributed by atoms with Crippen LogP contribution in [0.5, 0.6) is 0 Å². The van der Waals surface area contributed by atoms with Crippen LogP contribution in [0, 0.1) is 0 Å². The number of hydrogen-bond donors (Lipinski definition) is 5. The first kappa shape index (κ1) is 26.6. The number of sulfonamides is 1. The molecule has 10 nitrogen and oxygen atoms in total. The number of amides is 2.